The summed E-state index contributed by atoms with van der Waals surface area (Å²) in [6, 6.07) is 18.0. The molecule has 4 rings (SSSR count). The lowest BCUT2D eigenvalue weighted by molar-refractivity contribution is -0.140. The summed E-state index contributed by atoms with van der Waals surface area (Å²) < 4.78 is 5.24. The van der Waals surface area contributed by atoms with Crippen LogP contribution in [0.25, 0.3) is 10.8 Å². The molecular weight excluding hydrogens is 442 g/mol. The van der Waals surface area contributed by atoms with Gasteiger partial charge in [0.1, 0.15) is 18.3 Å². The van der Waals surface area contributed by atoms with Gasteiger partial charge in [0.2, 0.25) is 11.8 Å². The molecule has 0 spiro atoms. The molecule has 1 heterocycles. The molecule has 1 aliphatic heterocycles. The molecule has 7 nitrogen and oxygen atoms in total. The van der Waals surface area contributed by atoms with E-state index in [4.69, 9.17) is 4.74 Å². The van der Waals surface area contributed by atoms with Crippen LogP contribution in [0.1, 0.15) is 43.1 Å². The Bertz CT molecular complexity index is 1250. The normalized spacial score (nSPS) is 13.3. The summed E-state index contributed by atoms with van der Waals surface area (Å²) in [5, 5.41) is 4.75. The second kappa shape index (κ2) is 10.2. The average molecular weight is 474 g/mol. The van der Waals surface area contributed by atoms with Crippen molar-refractivity contribution in [1.82, 2.24) is 10.2 Å². The molecule has 3 amide bonds. The molecule has 0 aromatic heterocycles. The van der Waals surface area contributed by atoms with Crippen LogP contribution in [0.2, 0.25) is 0 Å². The molecule has 7 heteroatoms. The van der Waals surface area contributed by atoms with Gasteiger partial charge in [-0.2, -0.15) is 0 Å². The lowest BCUT2D eigenvalue weighted by Gasteiger charge is -2.32. The minimum absolute atomic E-state index is 0.0539. The number of anilines is 1. The Hall–Kier alpha value is -3.87. The number of hydrogen-bond donors (Lipinski definition) is 1. The summed E-state index contributed by atoms with van der Waals surface area (Å²) >= 11 is 0. The molecule has 0 radical (unpaired) electrons. The topological polar surface area (TPSA) is 79.0 Å². The molecule has 1 aliphatic rings. The maximum atomic E-state index is 13.8. The zero-order chi connectivity index (χ0) is 25.1. The molecule has 1 N–H and O–H groups in total. The van der Waals surface area contributed by atoms with E-state index in [2.05, 4.69) is 5.32 Å². The minimum atomic E-state index is -0.664. The first-order valence-corrected chi connectivity index (χ1v) is 11.9. The zero-order valence-electron chi connectivity index (χ0n) is 20.6. The summed E-state index contributed by atoms with van der Waals surface area (Å²) in [6.07, 6.45) is 0.449. The number of ether oxygens (including phenoxy) is 1. The van der Waals surface area contributed by atoms with Crippen LogP contribution in [-0.2, 0) is 16.1 Å². The highest BCUT2D eigenvalue weighted by atomic mass is 16.5. The third-order valence-corrected chi connectivity index (χ3v) is 6.27. The van der Waals surface area contributed by atoms with Crippen molar-refractivity contribution in [3.63, 3.8) is 0 Å². The van der Waals surface area contributed by atoms with E-state index in [-0.39, 0.29) is 36.9 Å². The summed E-state index contributed by atoms with van der Waals surface area (Å²) in [4.78, 5) is 43.2. The number of benzene rings is 3. The molecule has 1 unspecified atom stereocenters. The number of rotatable bonds is 9. The first-order valence-electron chi connectivity index (χ1n) is 11.9. The number of amides is 3. The van der Waals surface area contributed by atoms with Gasteiger partial charge >= 0.3 is 0 Å². The summed E-state index contributed by atoms with van der Waals surface area (Å²) in [5.41, 5.74) is 2.19. The number of hydrogen-bond acceptors (Lipinski definition) is 4. The van der Waals surface area contributed by atoms with Crippen molar-refractivity contribution in [2.24, 2.45) is 0 Å². The summed E-state index contributed by atoms with van der Waals surface area (Å²) in [5.74, 6) is 0.0196. The molecule has 182 valence electrons. The quantitative estimate of drug-likeness (QED) is 0.507. The summed E-state index contributed by atoms with van der Waals surface area (Å²) in [6.45, 7) is 5.76. The Labute approximate surface area is 205 Å². The Morgan fingerprint density at radius 1 is 1.03 bits per heavy atom. The van der Waals surface area contributed by atoms with Crippen LogP contribution in [0.15, 0.2) is 60.7 Å². The molecule has 0 saturated carbocycles. The molecule has 3 aromatic carbocycles. The largest absolute Gasteiger partial charge is 0.497 e. The maximum absolute atomic E-state index is 13.8. The van der Waals surface area contributed by atoms with Gasteiger partial charge in [0, 0.05) is 23.5 Å². The van der Waals surface area contributed by atoms with E-state index in [0.29, 0.717) is 17.7 Å². The first kappa shape index (κ1) is 24.3. The number of methoxy groups -OCH3 is 1. The SMILES string of the molecule is CCC(C(=O)NC(C)C)N(Cc1ccc(OC)cc1)C(=O)CN1C(=O)c2cccc3cccc1c23. The van der Waals surface area contributed by atoms with Crippen LogP contribution in [0.4, 0.5) is 5.69 Å². The van der Waals surface area contributed by atoms with Gasteiger partial charge in [0.15, 0.2) is 0 Å². The number of carbonyl (C=O) groups excluding carboxylic acids is 3. The molecule has 0 aliphatic carbocycles. The van der Waals surface area contributed by atoms with E-state index in [9.17, 15) is 14.4 Å². The van der Waals surface area contributed by atoms with Crippen molar-refractivity contribution in [3.8, 4) is 5.75 Å². The van der Waals surface area contributed by atoms with Gasteiger partial charge in [-0.3, -0.25) is 19.3 Å². The van der Waals surface area contributed by atoms with E-state index in [1.165, 1.54) is 4.90 Å². The van der Waals surface area contributed by atoms with E-state index >= 15 is 0 Å². The molecule has 3 aromatic rings. The fourth-order valence-corrected chi connectivity index (χ4v) is 4.59. The van der Waals surface area contributed by atoms with Crippen LogP contribution >= 0.6 is 0 Å². The smallest absolute Gasteiger partial charge is 0.259 e. The standard InChI is InChI=1S/C28H31N3O4/c1-5-23(27(33)29-18(2)3)30(16-19-12-14-21(35-4)15-13-19)25(32)17-31-24-11-7-9-20-8-6-10-22(26(20)24)28(31)34/h6-15,18,23H,5,16-17H2,1-4H3,(H,29,33). The highest BCUT2D eigenvalue weighted by Crippen LogP contribution is 2.37. The Morgan fingerprint density at radius 2 is 1.71 bits per heavy atom. The van der Waals surface area contributed by atoms with Crippen LogP contribution in [0.3, 0.4) is 0 Å². The number of nitrogens with one attached hydrogen (secondary N) is 1. The Kier molecular flexibility index (Phi) is 7.05. The molecule has 1 atom stereocenters. The lowest BCUT2D eigenvalue weighted by Crippen LogP contribution is -2.53. The van der Waals surface area contributed by atoms with E-state index in [1.54, 1.807) is 18.1 Å². The van der Waals surface area contributed by atoms with Crippen LogP contribution in [0.5, 0.6) is 5.75 Å². The van der Waals surface area contributed by atoms with Crippen molar-refractivity contribution >= 4 is 34.2 Å². The predicted molar refractivity (Wildman–Crippen MR) is 137 cm³/mol. The summed E-state index contributed by atoms with van der Waals surface area (Å²) in [7, 11) is 1.60. The molecule has 0 fully saturated rings. The molecular formula is C28H31N3O4. The second-order valence-corrected chi connectivity index (χ2v) is 9.03. The fraction of sp³-hybridized carbons (Fsp3) is 0.321. The zero-order valence-corrected chi connectivity index (χ0v) is 20.6. The van der Waals surface area contributed by atoms with Gasteiger partial charge in [0.25, 0.3) is 5.91 Å². The maximum Gasteiger partial charge on any atom is 0.259 e. The highest BCUT2D eigenvalue weighted by molar-refractivity contribution is 6.26. The predicted octanol–water partition coefficient (Wildman–Crippen LogP) is 4.14. The van der Waals surface area contributed by atoms with Crippen molar-refractivity contribution < 1.29 is 19.1 Å². The van der Waals surface area contributed by atoms with Crippen molar-refractivity contribution in [1.29, 1.82) is 0 Å². The van der Waals surface area contributed by atoms with Gasteiger partial charge in [0.05, 0.1) is 12.8 Å². The van der Waals surface area contributed by atoms with Crippen molar-refractivity contribution in [2.45, 2.75) is 45.8 Å². The van der Waals surface area contributed by atoms with Crippen molar-refractivity contribution in [3.05, 3.63) is 71.8 Å². The number of nitrogens with zero attached hydrogens (tertiary/aromatic N) is 2. The highest BCUT2D eigenvalue weighted by Gasteiger charge is 2.35. The monoisotopic (exact) mass is 473 g/mol. The Balaban J connectivity index is 1.64. The first-order chi connectivity index (χ1) is 16.8. The average Bonchev–Trinajstić information content (AvgIpc) is 3.12. The van der Waals surface area contributed by atoms with Gasteiger partial charge < -0.3 is 15.0 Å². The van der Waals surface area contributed by atoms with Gasteiger partial charge in [-0.15, -0.1) is 0 Å². The van der Waals surface area contributed by atoms with Gasteiger partial charge in [-0.05, 0) is 55.5 Å². The minimum Gasteiger partial charge on any atom is -0.497 e. The van der Waals surface area contributed by atoms with Crippen LogP contribution in [0, 0.1) is 0 Å². The molecule has 0 bridgehead atoms. The van der Waals surface area contributed by atoms with Crippen molar-refractivity contribution in [2.75, 3.05) is 18.6 Å². The van der Waals surface area contributed by atoms with Gasteiger partial charge in [-0.1, -0.05) is 43.3 Å². The third kappa shape index (κ3) is 4.85. The van der Waals surface area contributed by atoms with Gasteiger partial charge in [-0.25, -0.2) is 0 Å². The molecule has 0 saturated heterocycles. The number of carbonyl (C=O) groups is 3. The Morgan fingerprint density at radius 3 is 2.34 bits per heavy atom. The van der Waals surface area contributed by atoms with Crippen LogP contribution in [-0.4, -0.2) is 48.4 Å². The van der Waals surface area contributed by atoms with E-state index < -0.39 is 6.04 Å². The van der Waals surface area contributed by atoms with E-state index in [0.717, 1.165) is 22.0 Å². The second-order valence-electron chi connectivity index (χ2n) is 9.03. The fourth-order valence-electron chi connectivity index (χ4n) is 4.59. The van der Waals surface area contributed by atoms with Crippen LogP contribution < -0.4 is 15.0 Å². The lowest BCUT2D eigenvalue weighted by atomic mass is 10.1. The molecule has 35 heavy (non-hydrogen) atoms. The third-order valence-electron chi connectivity index (χ3n) is 6.27. The van der Waals surface area contributed by atoms with E-state index in [1.807, 2.05) is 75.4 Å².